The largest absolute Gasteiger partial charge is 0.395 e. The van der Waals surface area contributed by atoms with Crippen LogP contribution in [0.3, 0.4) is 0 Å². The number of rotatable bonds is 6. The van der Waals surface area contributed by atoms with Crippen molar-refractivity contribution in [3.63, 3.8) is 0 Å². The first-order chi connectivity index (χ1) is 12.2. The fourth-order valence-corrected chi connectivity index (χ4v) is 2.37. The van der Waals surface area contributed by atoms with E-state index in [0.29, 0.717) is 39.9 Å². The van der Waals surface area contributed by atoms with E-state index in [1.54, 1.807) is 24.4 Å². The van der Waals surface area contributed by atoms with Gasteiger partial charge in [0.25, 0.3) is 0 Å². The monoisotopic (exact) mass is 403 g/mol. The van der Waals surface area contributed by atoms with Crippen molar-refractivity contribution in [3.8, 4) is 11.4 Å². The highest BCUT2D eigenvalue weighted by Crippen LogP contribution is 2.24. The summed E-state index contributed by atoms with van der Waals surface area (Å²) in [5.74, 6) is 0.456. The molecule has 0 aliphatic heterocycles. The first kappa shape index (κ1) is 17.2. The molecule has 0 aliphatic rings. The minimum Gasteiger partial charge on any atom is -0.395 e. The maximum Gasteiger partial charge on any atom is 0.225 e. The van der Waals surface area contributed by atoms with Gasteiger partial charge in [0.2, 0.25) is 5.95 Å². The van der Waals surface area contributed by atoms with E-state index < -0.39 is 0 Å². The maximum absolute atomic E-state index is 13.7. The van der Waals surface area contributed by atoms with E-state index in [-0.39, 0.29) is 12.4 Å². The highest BCUT2D eigenvalue weighted by atomic mass is 79.9. The first-order valence-corrected chi connectivity index (χ1v) is 8.32. The Bertz CT molecular complexity index is 863. The molecule has 128 valence electrons. The summed E-state index contributed by atoms with van der Waals surface area (Å²) in [6.07, 6.45) is 1.68. The van der Waals surface area contributed by atoms with Crippen LogP contribution < -0.4 is 10.6 Å². The molecule has 0 atom stereocenters. The van der Waals surface area contributed by atoms with Gasteiger partial charge in [-0.3, -0.25) is 4.98 Å². The molecule has 0 amide bonds. The molecule has 25 heavy (non-hydrogen) atoms. The van der Waals surface area contributed by atoms with Crippen molar-refractivity contribution in [2.24, 2.45) is 0 Å². The van der Waals surface area contributed by atoms with Crippen molar-refractivity contribution in [1.29, 1.82) is 0 Å². The lowest BCUT2D eigenvalue weighted by Gasteiger charge is -2.11. The Morgan fingerprint density at radius 1 is 1.08 bits per heavy atom. The van der Waals surface area contributed by atoms with Crippen LogP contribution in [0.15, 0.2) is 53.1 Å². The van der Waals surface area contributed by atoms with E-state index in [0.717, 1.165) is 0 Å². The number of pyridine rings is 1. The van der Waals surface area contributed by atoms with Gasteiger partial charge in [-0.2, -0.15) is 4.98 Å². The maximum atomic E-state index is 13.7. The van der Waals surface area contributed by atoms with Crippen LogP contribution in [0, 0.1) is 5.82 Å². The number of nitrogens with one attached hydrogen (secondary N) is 2. The smallest absolute Gasteiger partial charge is 0.225 e. The zero-order valence-electron chi connectivity index (χ0n) is 13.1. The summed E-state index contributed by atoms with van der Waals surface area (Å²) in [7, 11) is 0. The van der Waals surface area contributed by atoms with Crippen LogP contribution in [0.2, 0.25) is 0 Å². The Morgan fingerprint density at radius 2 is 1.96 bits per heavy atom. The summed E-state index contributed by atoms with van der Waals surface area (Å²) >= 11 is 3.13. The van der Waals surface area contributed by atoms with E-state index in [2.05, 4.69) is 41.5 Å². The molecule has 2 aromatic heterocycles. The summed E-state index contributed by atoms with van der Waals surface area (Å²) in [6, 6.07) is 12.0. The fourth-order valence-electron chi connectivity index (χ4n) is 2.13. The summed E-state index contributed by atoms with van der Waals surface area (Å²) < 4.78 is 14.1. The Kier molecular flexibility index (Phi) is 5.52. The second-order valence-corrected chi connectivity index (χ2v) is 5.94. The third-order valence-electron chi connectivity index (χ3n) is 3.24. The first-order valence-electron chi connectivity index (χ1n) is 7.53. The SMILES string of the molecule is OCCNc1nc(Nc2ccc(Br)c(F)c2)cc(-c2ccccn2)n1. The molecule has 2 heterocycles. The van der Waals surface area contributed by atoms with E-state index >= 15 is 0 Å². The fraction of sp³-hybridized carbons (Fsp3) is 0.118. The zero-order chi connectivity index (χ0) is 17.6. The topological polar surface area (TPSA) is 83.0 Å². The number of benzene rings is 1. The van der Waals surface area contributed by atoms with Crippen LogP contribution in [0.5, 0.6) is 0 Å². The second-order valence-electron chi connectivity index (χ2n) is 5.08. The van der Waals surface area contributed by atoms with Crippen LogP contribution in [0.1, 0.15) is 0 Å². The molecule has 3 aromatic rings. The van der Waals surface area contributed by atoms with E-state index in [9.17, 15) is 4.39 Å². The number of hydrogen-bond acceptors (Lipinski definition) is 6. The highest BCUT2D eigenvalue weighted by molar-refractivity contribution is 9.10. The Morgan fingerprint density at radius 3 is 2.68 bits per heavy atom. The molecule has 3 rings (SSSR count). The van der Waals surface area contributed by atoms with Crippen molar-refractivity contribution >= 4 is 33.4 Å². The standard InChI is InChI=1S/C17H15BrFN5O/c18-12-5-4-11(9-13(12)19)22-16-10-15(14-3-1-2-6-20-14)23-17(24-16)21-7-8-25/h1-6,9-10,25H,7-8H2,(H2,21,22,23,24). The molecule has 0 aliphatic carbocycles. The Balaban J connectivity index is 1.95. The molecule has 8 heteroatoms. The van der Waals surface area contributed by atoms with Gasteiger partial charge in [0.05, 0.1) is 22.5 Å². The van der Waals surface area contributed by atoms with Gasteiger partial charge in [-0.25, -0.2) is 9.37 Å². The highest BCUT2D eigenvalue weighted by Gasteiger charge is 2.09. The van der Waals surface area contributed by atoms with Gasteiger partial charge >= 0.3 is 0 Å². The number of anilines is 3. The predicted octanol–water partition coefficient (Wildman–Crippen LogP) is 3.59. The summed E-state index contributed by atoms with van der Waals surface area (Å²) in [4.78, 5) is 13.0. The van der Waals surface area contributed by atoms with Crippen LogP contribution >= 0.6 is 15.9 Å². The van der Waals surface area contributed by atoms with Gasteiger partial charge in [-0.15, -0.1) is 0 Å². The third kappa shape index (κ3) is 4.49. The number of aliphatic hydroxyl groups excluding tert-OH is 1. The summed E-state index contributed by atoms with van der Waals surface area (Å²) in [6.45, 7) is 0.274. The molecule has 0 unspecified atom stereocenters. The van der Waals surface area contributed by atoms with Crippen molar-refractivity contribution in [3.05, 3.63) is 59.0 Å². The molecule has 0 spiro atoms. The molecular weight excluding hydrogens is 389 g/mol. The number of halogens is 2. The molecule has 6 nitrogen and oxygen atoms in total. The van der Waals surface area contributed by atoms with Crippen molar-refractivity contribution in [1.82, 2.24) is 15.0 Å². The van der Waals surface area contributed by atoms with Crippen molar-refractivity contribution < 1.29 is 9.50 Å². The van der Waals surface area contributed by atoms with Crippen LogP contribution in [0.25, 0.3) is 11.4 Å². The predicted molar refractivity (Wildman–Crippen MR) is 98.2 cm³/mol. The molecule has 3 N–H and O–H groups in total. The quantitative estimate of drug-likeness (QED) is 0.583. The minimum absolute atomic E-state index is 0.0438. The summed E-state index contributed by atoms with van der Waals surface area (Å²) in [5, 5.41) is 15.0. The Labute approximate surface area is 152 Å². The molecule has 0 saturated carbocycles. The number of aromatic nitrogens is 3. The molecule has 0 fully saturated rings. The van der Waals surface area contributed by atoms with E-state index in [1.807, 2.05) is 18.2 Å². The normalized spacial score (nSPS) is 10.5. The molecule has 1 aromatic carbocycles. The lowest BCUT2D eigenvalue weighted by Crippen LogP contribution is -2.10. The van der Waals surface area contributed by atoms with Gasteiger partial charge in [0.15, 0.2) is 0 Å². The average Bonchev–Trinajstić information content (AvgIpc) is 2.63. The molecular formula is C17H15BrFN5O. The van der Waals surface area contributed by atoms with Crippen LogP contribution in [-0.2, 0) is 0 Å². The lowest BCUT2D eigenvalue weighted by molar-refractivity contribution is 0.311. The van der Waals surface area contributed by atoms with Crippen molar-refractivity contribution in [2.45, 2.75) is 0 Å². The van der Waals surface area contributed by atoms with E-state index in [1.165, 1.54) is 6.07 Å². The van der Waals surface area contributed by atoms with Gasteiger partial charge in [-0.1, -0.05) is 6.07 Å². The molecule has 0 radical (unpaired) electrons. The summed E-state index contributed by atoms with van der Waals surface area (Å²) in [5.41, 5.74) is 1.84. The number of nitrogens with zero attached hydrogens (tertiary/aromatic N) is 3. The molecule has 0 bridgehead atoms. The minimum atomic E-state index is -0.373. The second kappa shape index (κ2) is 8.00. The van der Waals surface area contributed by atoms with Gasteiger partial charge in [-0.05, 0) is 46.3 Å². The van der Waals surface area contributed by atoms with E-state index in [4.69, 9.17) is 5.11 Å². The van der Waals surface area contributed by atoms with Gasteiger partial charge in [0.1, 0.15) is 11.6 Å². The van der Waals surface area contributed by atoms with Crippen LogP contribution in [-0.4, -0.2) is 33.2 Å². The van der Waals surface area contributed by atoms with Crippen LogP contribution in [0.4, 0.5) is 21.8 Å². The number of aliphatic hydroxyl groups is 1. The molecule has 0 saturated heterocycles. The van der Waals surface area contributed by atoms with Crippen molar-refractivity contribution in [2.75, 3.05) is 23.8 Å². The zero-order valence-corrected chi connectivity index (χ0v) is 14.7. The van der Waals surface area contributed by atoms with Gasteiger partial charge < -0.3 is 15.7 Å². The average molecular weight is 404 g/mol. The van der Waals surface area contributed by atoms with Gasteiger partial charge in [0, 0.05) is 24.5 Å². The lowest BCUT2D eigenvalue weighted by atomic mass is 10.2. The Hall–Kier alpha value is -2.58. The third-order valence-corrected chi connectivity index (χ3v) is 3.88. The number of hydrogen-bond donors (Lipinski definition) is 3.